The van der Waals surface area contributed by atoms with Gasteiger partial charge in [-0.05, 0) is 31.6 Å². The number of Topliss-reactive ketones (excluding diaryl/α,β-unsaturated/α-hetero) is 1. The SMILES string of the molecule is CCC(=O)c1cnn(C2CCC(CC)CC2)c1. The van der Waals surface area contributed by atoms with Gasteiger partial charge in [-0.3, -0.25) is 9.48 Å². The van der Waals surface area contributed by atoms with Crippen molar-refractivity contribution in [3.05, 3.63) is 18.0 Å². The molecule has 17 heavy (non-hydrogen) atoms. The number of hydrogen-bond donors (Lipinski definition) is 0. The zero-order chi connectivity index (χ0) is 12.3. The molecule has 1 aliphatic rings. The predicted octanol–water partition coefficient (Wildman–Crippen LogP) is 3.62. The van der Waals surface area contributed by atoms with E-state index >= 15 is 0 Å². The van der Waals surface area contributed by atoms with Crippen molar-refractivity contribution in [1.29, 1.82) is 0 Å². The first-order valence-electron chi connectivity index (χ1n) is 6.82. The van der Waals surface area contributed by atoms with Crippen molar-refractivity contribution in [2.75, 3.05) is 0 Å². The Hall–Kier alpha value is -1.12. The van der Waals surface area contributed by atoms with E-state index in [1.807, 2.05) is 17.8 Å². The fraction of sp³-hybridized carbons (Fsp3) is 0.714. The van der Waals surface area contributed by atoms with Gasteiger partial charge < -0.3 is 0 Å². The minimum absolute atomic E-state index is 0.193. The van der Waals surface area contributed by atoms with Gasteiger partial charge >= 0.3 is 0 Å². The first kappa shape index (κ1) is 12.3. The normalized spacial score (nSPS) is 24.8. The Morgan fingerprint density at radius 2 is 2.06 bits per heavy atom. The number of nitrogens with zero attached hydrogens (tertiary/aromatic N) is 2. The van der Waals surface area contributed by atoms with E-state index in [1.54, 1.807) is 6.20 Å². The number of carbonyl (C=O) groups excluding carboxylic acids is 1. The van der Waals surface area contributed by atoms with Gasteiger partial charge in [0.1, 0.15) is 0 Å². The zero-order valence-electron chi connectivity index (χ0n) is 10.9. The van der Waals surface area contributed by atoms with E-state index in [9.17, 15) is 4.79 Å². The standard InChI is InChI=1S/C14H22N2O/c1-3-11-5-7-13(8-6-11)16-10-12(9-15-16)14(17)4-2/h9-11,13H,3-8H2,1-2H3. The number of ketones is 1. The molecule has 1 aromatic rings. The lowest BCUT2D eigenvalue weighted by molar-refractivity contribution is 0.0988. The van der Waals surface area contributed by atoms with Crippen LogP contribution >= 0.6 is 0 Å². The van der Waals surface area contributed by atoms with Crippen LogP contribution in [0.25, 0.3) is 0 Å². The van der Waals surface area contributed by atoms with E-state index in [1.165, 1.54) is 32.1 Å². The lowest BCUT2D eigenvalue weighted by Crippen LogP contribution is -2.18. The van der Waals surface area contributed by atoms with Crippen LogP contribution in [0.15, 0.2) is 12.4 Å². The minimum Gasteiger partial charge on any atom is -0.294 e. The van der Waals surface area contributed by atoms with Crippen LogP contribution in [-0.2, 0) is 0 Å². The average molecular weight is 234 g/mol. The Morgan fingerprint density at radius 3 is 2.65 bits per heavy atom. The second-order valence-electron chi connectivity index (χ2n) is 5.07. The molecular formula is C14H22N2O. The smallest absolute Gasteiger partial charge is 0.165 e. The third-order valence-electron chi connectivity index (χ3n) is 4.01. The Kier molecular flexibility index (Phi) is 3.97. The summed E-state index contributed by atoms with van der Waals surface area (Å²) in [5, 5.41) is 4.36. The van der Waals surface area contributed by atoms with E-state index in [0.29, 0.717) is 12.5 Å². The summed E-state index contributed by atoms with van der Waals surface area (Å²) >= 11 is 0. The van der Waals surface area contributed by atoms with Gasteiger partial charge in [-0.1, -0.05) is 20.3 Å². The highest BCUT2D eigenvalue weighted by Gasteiger charge is 2.22. The largest absolute Gasteiger partial charge is 0.294 e. The summed E-state index contributed by atoms with van der Waals surface area (Å²) in [7, 11) is 0. The lowest BCUT2D eigenvalue weighted by atomic mass is 9.85. The first-order chi connectivity index (χ1) is 8.24. The number of carbonyl (C=O) groups is 1. The van der Waals surface area contributed by atoms with Crippen LogP contribution in [0.5, 0.6) is 0 Å². The molecule has 0 unspecified atom stereocenters. The molecule has 0 saturated heterocycles. The monoisotopic (exact) mass is 234 g/mol. The van der Waals surface area contributed by atoms with E-state index in [4.69, 9.17) is 0 Å². The van der Waals surface area contributed by atoms with Gasteiger partial charge in [-0.2, -0.15) is 5.10 Å². The topological polar surface area (TPSA) is 34.9 Å². The maximum absolute atomic E-state index is 11.6. The Balaban J connectivity index is 1.99. The van der Waals surface area contributed by atoms with Crippen LogP contribution < -0.4 is 0 Å². The Labute approximate surface area is 103 Å². The molecule has 0 atom stereocenters. The molecule has 0 bridgehead atoms. The highest BCUT2D eigenvalue weighted by atomic mass is 16.1. The van der Waals surface area contributed by atoms with Crippen molar-refractivity contribution in [2.24, 2.45) is 5.92 Å². The summed E-state index contributed by atoms with van der Waals surface area (Å²) < 4.78 is 2.01. The van der Waals surface area contributed by atoms with Crippen LogP contribution in [-0.4, -0.2) is 15.6 Å². The van der Waals surface area contributed by atoms with Gasteiger partial charge in [0, 0.05) is 12.6 Å². The van der Waals surface area contributed by atoms with Gasteiger partial charge in [0.15, 0.2) is 5.78 Å². The van der Waals surface area contributed by atoms with Crippen molar-refractivity contribution in [1.82, 2.24) is 9.78 Å². The minimum atomic E-state index is 0.193. The zero-order valence-corrected chi connectivity index (χ0v) is 10.9. The van der Waals surface area contributed by atoms with E-state index in [2.05, 4.69) is 12.0 Å². The molecule has 1 aliphatic carbocycles. The summed E-state index contributed by atoms with van der Waals surface area (Å²) in [6.45, 7) is 4.17. The average Bonchev–Trinajstić information content (AvgIpc) is 2.87. The van der Waals surface area contributed by atoms with Gasteiger partial charge in [0.05, 0.1) is 17.8 Å². The second kappa shape index (κ2) is 5.48. The molecular weight excluding hydrogens is 212 g/mol. The van der Waals surface area contributed by atoms with Crippen molar-refractivity contribution in [3.63, 3.8) is 0 Å². The molecule has 2 rings (SSSR count). The van der Waals surface area contributed by atoms with Crippen molar-refractivity contribution < 1.29 is 4.79 Å². The molecule has 1 fully saturated rings. The first-order valence-corrected chi connectivity index (χ1v) is 6.82. The van der Waals surface area contributed by atoms with Crippen molar-refractivity contribution >= 4 is 5.78 Å². The lowest BCUT2D eigenvalue weighted by Gasteiger charge is -2.27. The Morgan fingerprint density at radius 1 is 1.35 bits per heavy atom. The van der Waals surface area contributed by atoms with E-state index in [-0.39, 0.29) is 5.78 Å². The molecule has 0 amide bonds. The molecule has 1 saturated carbocycles. The molecule has 0 N–H and O–H groups in total. The molecule has 94 valence electrons. The quantitative estimate of drug-likeness (QED) is 0.746. The molecule has 3 nitrogen and oxygen atoms in total. The molecule has 3 heteroatoms. The summed E-state index contributed by atoms with van der Waals surface area (Å²) in [5.41, 5.74) is 0.769. The van der Waals surface area contributed by atoms with Crippen LogP contribution in [0.1, 0.15) is 68.8 Å². The second-order valence-corrected chi connectivity index (χ2v) is 5.07. The number of rotatable bonds is 4. The summed E-state index contributed by atoms with van der Waals surface area (Å²) in [6, 6.07) is 0.510. The third-order valence-corrected chi connectivity index (χ3v) is 4.01. The molecule has 0 aromatic carbocycles. The number of aromatic nitrogens is 2. The molecule has 1 aromatic heterocycles. The van der Waals surface area contributed by atoms with Crippen LogP contribution in [0, 0.1) is 5.92 Å². The van der Waals surface area contributed by atoms with Crippen LogP contribution in [0.3, 0.4) is 0 Å². The Bertz CT molecular complexity index is 375. The summed E-state index contributed by atoms with van der Waals surface area (Å²) in [6.07, 6.45) is 10.5. The maximum Gasteiger partial charge on any atom is 0.165 e. The fourth-order valence-electron chi connectivity index (χ4n) is 2.70. The molecule has 0 aliphatic heterocycles. The van der Waals surface area contributed by atoms with Crippen molar-refractivity contribution in [2.45, 2.75) is 58.4 Å². The summed E-state index contributed by atoms with van der Waals surface area (Å²) in [4.78, 5) is 11.6. The molecule has 0 radical (unpaired) electrons. The molecule has 1 heterocycles. The van der Waals surface area contributed by atoms with Gasteiger partial charge in [0.25, 0.3) is 0 Å². The van der Waals surface area contributed by atoms with Crippen LogP contribution in [0.4, 0.5) is 0 Å². The highest BCUT2D eigenvalue weighted by Crippen LogP contribution is 2.33. The highest BCUT2D eigenvalue weighted by molar-refractivity contribution is 5.95. The van der Waals surface area contributed by atoms with Crippen LogP contribution in [0.2, 0.25) is 0 Å². The van der Waals surface area contributed by atoms with E-state index < -0.39 is 0 Å². The van der Waals surface area contributed by atoms with Gasteiger partial charge in [-0.25, -0.2) is 0 Å². The number of hydrogen-bond acceptors (Lipinski definition) is 2. The maximum atomic E-state index is 11.6. The van der Waals surface area contributed by atoms with Gasteiger partial charge in [-0.15, -0.1) is 0 Å². The van der Waals surface area contributed by atoms with E-state index in [0.717, 1.165) is 11.5 Å². The predicted molar refractivity (Wildman–Crippen MR) is 68.1 cm³/mol. The summed E-state index contributed by atoms with van der Waals surface area (Å²) in [5.74, 6) is 1.09. The van der Waals surface area contributed by atoms with Gasteiger partial charge in [0.2, 0.25) is 0 Å². The molecule has 0 spiro atoms. The fourth-order valence-corrected chi connectivity index (χ4v) is 2.70. The third kappa shape index (κ3) is 2.76. The van der Waals surface area contributed by atoms with Crippen molar-refractivity contribution in [3.8, 4) is 0 Å².